The number of aryl methyl sites for hydroxylation is 3. The Hall–Kier alpha value is -2.90. The zero-order valence-corrected chi connectivity index (χ0v) is 17.6. The zero-order valence-electron chi connectivity index (χ0n) is 17.6. The van der Waals surface area contributed by atoms with Crippen molar-refractivity contribution in [1.29, 1.82) is 0 Å². The molecular weight excluding hydrogens is 382 g/mol. The first-order valence-electron chi connectivity index (χ1n) is 10.8. The van der Waals surface area contributed by atoms with Crippen LogP contribution in [-0.2, 0) is 25.8 Å². The second-order valence-corrected chi connectivity index (χ2v) is 8.65. The average Bonchev–Trinajstić information content (AvgIpc) is 3.14. The summed E-state index contributed by atoms with van der Waals surface area (Å²) in [6.45, 7) is 5.03. The van der Waals surface area contributed by atoms with E-state index in [4.69, 9.17) is 0 Å². The summed E-state index contributed by atoms with van der Waals surface area (Å²) in [7, 11) is 0. The van der Waals surface area contributed by atoms with E-state index in [0.717, 1.165) is 49.1 Å². The van der Waals surface area contributed by atoms with E-state index in [2.05, 4.69) is 20.7 Å². The van der Waals surface area contributed by atoms with Gasteiger partial charge in [-0.3, -0.25) is 19.1 Å². The van der Waals surface area contributed by atoms with Gasteiger partial charge in [-0.25, -0.2) is 0 Å². The second-order valence-electron chi connectivity index (χ2n) is 8.65. The lowest BCUT2D eigenvalue weighted by molar-refractivity contribution is 0.0929. The maximum absolute atomic E-state index is 12.7. The van der Waals surface area contributed by atoms with Crippen molar-refractivity contribution >= 4 is 11.8 Å². The quantitative estimate of drug-likeness (QED) is 0.694. The number of aromatic amines is 1. The normalized spacial score (nSPS) is 17.9. The lowest BCUT2D eigenvalue weighted by atomic mass is 9.93. The average molecular weight is 412 g/mol. The molecule has 1 unspecified atom stereocenters. The molecule has 8 nitrogen and oxygen atoms in total. The standard InChI is InChI=1S/C22H29N5O3/c1-13(2)25-22(30)17-12-24-27-8-7-14(9-19(17)27)11-23-20(28)16-10-15-5-3-4-6-18(15)26-21(16)29/h10,12-14H,3-9,11H2,1-2H3,(H,23,28)(H,25,30)(H,26,29). The number of amides is 2. The van der Waals surface area contributed by atoms with Crippen LogP contribution in [-0.4, -0.2) is 39.2 Å². The Morgan fingerprint density at radius 2 is 2.03 bits per heavy atom. The smallest absolute Gasteiger partial charge is 0.261 e. The Balaban J connectivity index is 1.41. The number of hydrogen-bond acceptors (Lipinski definition) is 4. The Labute approximate surface area is 175 Å². The molecule has 3 heterocycles. The summed E-state index contributed by atoms with van der Waals surface area (Å²) >= 11 is 0. The number of carbonyl (C=O) groups is 2. The monoisotopic (exact) mass is 411 g/mol. The van der Waals surface area contributed by atoms with Crippen molar-refractivity contribution in [3.8, 4) is 0 Å². The molecule has 2 aromatic heterocycles. The van der Waals surface area contributed by atoms with Crippen LogP contribution in [0.5, 0.6) is 0 Å². The van der Waals surface area contributed by atoms with Crippen LogP contribution in [0.1, 0.15) is 70.8 Å². The Bertz CT molecular complexity index is 1020. The van der Waals surface area contributed by atoms with Crippen LogP contribution in [0.25, 0.3) is 0 Å². The molecule has 0 saturated carbocycles. The fourth-order valence-corrected chi connectivity index (χ4v) is 4.38. The van der Waals surface area contributed by atoms with E-state index < -0.39 is 0 Å². The van der Waals surface area contributed by atoms with E-state index in [1.807, 2.05) is 18.5 Å². The molecule has 3 N–H and O–H groups in total. The van der Waals surface area contributed by atoms with E-state index in [-0.39, 0.29) is 34.9 Å². The van der Waals surface area contributed by atoms with Gasteiger partial charge in [0.05, 0.1) is 17.5 Å². The molecule has 4 rings (SSSR count). The third-order valence-electron chi connectivity index (χ3n) is 5.98. The van der Waals surface area contributed by atoms with Crippen molar-refractivity contribution in [3.63, 3.8) is 0 Å². The minimum absolute atomic E-state index is 0.0569. The van der Waals surface area contributed by atoms with Crippen LogP contribution >= 0.6 is 0 Å². The molecule has 1 atom stereocenters. The Kier molecular flexibility index (Phi) is 5.74. The second kappa shape index (κ2) is 8.45. The van der Waals surface area contributed by atoms with Gasteiger partial charge in [-0.05, 0) is 69.9 Å². The molecule has 2 aliphatic rings. The highest BCUT2D eigenvalue weighted by molar-refractivity contribution is 5.95. The molecule has 0 radical (unpaired) electrons. The number of hydrogen-bond donors (Lipinski definition) is 3. The van der Waals surface area contributed by atoms with Crippen molar-refractivity contribution in [1.82, 2.24) is 25.4 Å². The van der Waals surface area contributed by atoms with Gasteiger partial charge >= 0.3 is 0 Å². The molecule has 0 bridgehead atoms. The highest BCUT2D eigenvalue weighted by atomic mass is 16.2. The van der Waals surface area contributed by atoms with Crippen molar-refractivity contribution in [2.24, 2.45) is 5.92 Å². The number of carbonyl (C=O) groups excluding carboxylic acids is 2. The molecular formula is C22H29N5O3. The third kappa shape index (κ3) is 4.17. The number of H-pyrrole nitrogens is 1. The molecule has 8 heteroatoms. The van der Waals surface area contributed by atoms with Gasteiger partial charge in [0.15, 0.2) is 0 Å². The molecule has 1 aliphatic carbocycles. The highest BCUT2D eigenvalue weighted by Gasteiger charge is 2.26. The van der Waals surface area contributed by atoms with E-state index >= 15 is 0 Å². The fraction of sp³-hybridized carbons (Fsp3) is 0.545. The number of fused-ring (bicyclic) bond motifs is 2. The van der Waals surface area contributed by atoms with Crippen molar-refractivity contribution in [2.45, 2.75) is 65.0 Å². The maximum Gasteiger partial charge on any atom is 0.261 e. The van der Waals surface area contributed by atoms with Crippen LogP contribution in [0.15, 0.2) is 17.1 Å². The number of aromatic nitrogens is 3. The maximum atomic E-state index is 12.7. The molecule has 1 aliphatic heterocycles. The molecule has 0 saturated heterocycles. The van der Waals surface area contributed by atoms with Crippen LogP contribution < -0.4 is 16.2 Å². The summed E-state index contributed by atoms with van der Waals surface area (Å²) < 4.78 is 1.88. The summed E-state index contributed by atoms with van der Waals surface area (Å²) in [6, 6.07) is 1.81. The van der Waals surface area contributed by atoms with Gasteiger partial charge in [-0.15, -0.1) is 0 Å². The van der Waals surface area contributed by atoms with Gasteiger partial charge < -0.3 is 15.6 Å². The lowest BCUT2D eigenvalue weighted by Crippen LogP contribution is -2.37. The van der Waals surface area contributed by atoms with Crippen LogP contribution in [0.3, 0.4) is 0 Å². The topological polar surface area (TPSA) is 109 Å². The van der Waals surface area contributed by atoms with E-state index in [0.29, 0.717) is 25.1 Å². The fourth-order valence-electron chi connectivity index (χ4n) is 4.38. The number of nitrogens with zero attached hydrogens (tertiary/aromatic N) is 2. The summed E-state index contributed by atoms with van der Waals surface area (Å²) in [5.41, 5.74) is 3.43. The predicted octanol–water partition coefficient (Wildman–Crippen LogP) is 1.58. The van der Waals surface area contributed by atoms with Crippen LogP contribution in [0, 0.1) is 5.92 Å². The first-order chi connectivity index (χ1) is 14.4. The van der Waals surface area contributed by atoms with Gasteiger partial charge in [0, 0.05) is 24.8 Å². The Morgan fingerprint density at radius 1 is 1.23 bits per heavy atom. The van der Waals surface area contributed by atoms with E-state index in [1.165, 1.54) is 0 Å². The summed E-state index contributed by atoms with van der Waals surface area (Å²) in [4.78, 5) is 40.3. The highest BCUT2D eigenvalue weighted by Crippen LogP contribution is 2.23. The van der Waals surface area contributed by atoms with Crippen molar-refractivity contribution in [2.75, 3.05) is 6.54 Å². The predicted molar refractivity (Wildman–Crippen MR) is 113 cm³/mol. The van der Waals surface area contributed by atoms with Gasteiger partial charge in [-0.1, -0.05) is 0 Å². The SMILES string of the molecule is CC(C)NC(=O)c1cnn2c1CC(CNC(=O)c1cc3c([nH]c1=O)CCCC3)CC2. The van der Waals surface area contributed by atoms with Crippen molar-refractivity contribution in [3.05, 3.63) is 50.7 Å². The van der Waals surface area contributed by atoms with Gasteiger partial charge in [-0.2, -0.15) is 5.10 Å². The first kappa shape index (κ1) is 20.4. The lowest BCUT2D eigenvalue weighted by Gasteiger charge is -2.24. The van der Waals surface area contributed by atoms with Gasteiger partial charge in [0.25, 0.3) is 17.4 Å². The summed E-state index contributed by atoms with van der Waals surface area (Å²) in [6.07, 6.45) is 7.09. The van der Waals surface area contributed by atoms with Gasteiger partial charge in [0.1, 0.15) is 5.56 Å². The van der Waals surface area contributed by atoms with Crippen molar-refractivity contribution < 1.29 is 9.59 Å². The first-order valence-corrected chi connectivity index (χ1v) is 10.8. The molecule has 0 spiro atoms. The summed E-state index contributed by atoms with van der Waals surface area (Å²) in [5.74, 6) is -0.251. The summed E-state index contributed by atoms with van der Waals surface area (Å²) in [5, 5.41) is 10.2. The van der Waals surface area contributed by atoms with E-state index in [9.17, 15) is 14.4 Å². The third-order valence-corrected chi connectivity index (χ3v) is 5.98. The van der Waals surface area contributed by atoms with Crippen LogP contribution in [0.2, 0.25) is 0 Å². The molecule has 0 fully saturated rings. The van der Waals surface area contributed by atoms with Gasteiger partial charge in [0.2, 0.25) is 0 Å². The molecule has 2 aromatic rings. The van der Waals surface area contributed by atoms with Crippen LogP contribution in [0.4, 0.5) is 0 Å². The number of nitrogens with one attached hydrogen (secondary N) is 3. The number of rotatable bonds is 5. The minimum Gasteiger partial charge on any atom is -0.352 e. The zero-order chi connectivity index (χ0) is 21.3. The molecule has 30 heavy (non-hydrogen) atoms. The Morgan fingerprint density at radius 3 is 2.83 bits per heavy atom. The molecule has 2 amide bonds. The molecule has 0 aromatic carbocycles. The number of pyridine rings is 1. The largest absolute Gasteiger partial charge is 0.352 e. The molecule has 160 valence electrons. The minimum atomic E-state index is -0.332. The van der Waals surface area contributed by atoms with E-state index in [1.54, 1.807) is 12.3 Å².